The number of carbonyl (C=O) groups excluding carboxylic acids is 3. The quantitative estimate of drug-likeness (QED) is 0.735. The molecule has 6 heteroatoms. The highest BCUT2D eigenvalue weighted by molar-refractivity contribution is 6.01. The predicted molar refractivity (Wildman–Crippen MR) is 76.3 cm³/mol. The molecular weight excluding hydrogens is 270 g/mol. The summed E-state index contributed by atoms with van der Waals surface area (Å²) in [7, 11) is 0. The number of nitrogens with one attached hydrogen (secondary N) is 1. The Morgan fingerprint density at radius 1 is 1.05 bits per heavy atom. The second-order valence-electron chi connectivity index (χ2n) is 6.57. The van der Waals surface area contributed by atoms with Crippen LogP contribution in [0.5, 0.6) is 0 Å². The van der Waals surface area contributed by atoms with Gasteiger partial charge in [-0.15, -0.1) is 0 Å². The third-order valence-electron chi connectivity index (χ3n) is 5.08. The second-order valence-corrected chi connectivity index (χ2v) is 6.57. The molecule has 3 rings (SSSR count). The maximum absolute atomic E-state index is 12.3. The van der Waals surface area contributed by atoms with Crippen LogP contribution in [0.4, 0.5) is 0 Å². The molecule has 1 aliphatic carbocycles. The number of piperidine rings is 1. The van der Waals surface area contributed by atoms with Gasteiger partial charge in [0.25, 0.3) is 0 Å². The van der Waals surface area contributed by atoms with Crippen molar-refractivity contribution in [3.05, 3.63) is 0 Å². The van der Waals surface area contributed by atoms with Gasteiger partial charge in [0, 0.05) is 39.0 Å². The van der Waals surface area contributed by atoms with Crippen molar-refractivity contribution in [2.24, 2.45) is 5.41 Å². The van der Waals surface area contributed by atoms with E-state index in [-0.39, 0.29) is 29.7 Å². The van der Waals surface area contributed by atoms with E-state index in [9.17, 15) is 14.4 Å². The van der Waals surface area contributed by atoms with E-state index in [1.807, 2.05) is 0 Å². The van der Waals surface area contributed by atoms with E-state index in [1.54, 1.807) is 4.90 Å². The molecule has 2 aliphatic heterocycles. The second kappa shape index (κ2) is 5.75. The molecule has 2 saturated heterocycles. The summed E-state index contributed by atoms with van der Waals surface area (Å²) in [6, 6.07) is 0. The number of rotatable bonds is 2. The van der Waals surface area contributed by atoms with Gasteiger partial charge in [-0.25, -0.2) is 0 Å². The zero-order chi connectivity index (χ0) is 14.9. The fraction of sp³-hybridized carbons (Fsp3) is 0.800. The first-order chi connectivity index (χ1) is 10.1. The highest BCUT2D eigenvalue weighted by atomic mass is 16.2. The summed E-state index contributed by atoms with van der Waals surface area (Å²) in [6.45, 7) is 2.78. The number of carbonyl (C=O) groups is 3. The molecule has 0 atom stereocenters. The zero-order valence-corrected chi connectivity index (χ0v) is 12.4. The van der Waals surface area contributed by atoms with Crippen molar-refractivity contribution in [1.82, 2.24) is 15.1 Å². The molecule has 2 heterocycles. The molecule has 0 unspecified atom stereocenters. The van der Waals surface area contributed by atoms with Crippen molar-refractivity contribution in [3.8, 4) is 0 Å². The summed E-state index contributed by atoms with van der Waals surface area (Å²) < 4.78 is 0. The maximum atomic E-state index is 12.3. The van der Waals surface area contributed by atoms with E-state index in [4.69, 9.17) is 0 Å². The van der Waals surface area contributed by atoms with Crippen molar-refractivity contribution in [1.29, 1.82) is 0 Å². The van der Waals surface area contributed by atoms with Gasteiger partial charge in [-0.05, 0) is 18.3 Å². The van der Waals surface area contributed by atoms with Crippen molar-refractivity contribution < 1.29 is 14.4 Å². The van der Waals surface area contributed by atoms with Crippen LogP contribution in [0.3, 0.4) is 0 Å². The smallest absolute Gasteiger partial charge is 0.242 e. The van der Waals surface area contributed by atoms with Gasteiger partial charge in [-0.2, -0.15) is 0 Å². The number of amides is 3. The lowest BCUT2D eigenvalue weighted by Crippen LogP contribution is -2.54. The third-order valence-corrected chi connectivity index (χ3v) is 5.08. The molecule has 1 spiro atoms. The van der Waals surface area contributed by atoms with Crippen LogP contribution in [0.15, 0.2) is 0 Å². The van der Waals surface area contributed by atoms with Crippen LogP contribution in [-0.2, 0) is 14.4 Å². The van der Waals surface area contributed by atoms with Crippen LogP contribution in [0.25, 0.3) is 0 Å². The number of imide groups is 1. The largest absolute Gasteiger partial charge is 0.339 e. The fourth-order valence-corrected chi connectivity index (χ4v) is 3.84. The molecule has 0 aromatic rings. The van der Waals surface area contributed by atoms with E-state index in [2.05, 4.69) is 5.32 Å². The van der Waals surface area contributed by atoms with Gasteiger partial charge >= 0.3 is 0 Å². The summed E-state index contributed by atoms with van der Waals surface area (Å²) in [6.07, 6.45) is 5.05. The van der Waals surface area contributed by atoms with E-state index in [1.165, 1.54) is 4.90 Å². The number of piperazine rings is 1. The Morgan fingerprint density at radius 2 is 1.62 bits per heavy atom. The minimum Gasteiger partial charge on any atom is -0.339 e. The molecule has 0 aromatic heterocycles. The topological polar surface area (TPSA) is 69.7 Å². The van der Waals surface area contributed by atoms with E-state index in [0.717, 1.165) is 38.8 Å². The molecule has 0 radical (unpaired) electrons. The number of likely N-dealkylation sites (tertiary alicyclic amines) is 1. The molecule has 21 heavy (non-hydrogen) atoms. The van der Waals surface area contributed by atoms with Crippen molar-refractivity contribution >= 4 is 17.7 Å². The zero-order valence-electron chi connectivity index (χ0n) is 12.4. The normalized spacial score (nSPS) is 25.7. The summed E-state index contributed by atoms with van der Waals surface area (Å²) in [4.78, 5) is 39.8. The average molecular weight is 293 g/mol. The Balaban J connectivity index is 1.62. The highest BCUT2D eigenvalue weighted by Gasteiger charge is 2.45. The summed E-state index contributed by atoms with van der Waals surface area (Å²) in [5, 5.41) is 3.18. The third kappa shape index (κ3) is 2.95. The minimum absolute atomic E-state index is 0.0756. The van der Waals surface area contributed by atoms with Crippen LogP contribution in [0, 0.1) is 5.41 Å². The first kappa shape index (κ1) is 14.5. The van der Waals surface area contributed by atoms with Gasteiger partial charge in [0.1, 0.15) is 6.54 Å². The molecule has 3 amide bonds. The first-order valence-corrected chi connectivity index (χ1v) is 7.91. The maximum Gasteiger partial charge on any atom is 0.242 e. The molecule has 6 nitrogen and oxygen atoms in total. The molecule has 0 bridgehead atoms. The Bertz CT molecular complexity index is 431. The van der Waals surface area contributed by atoms with Crippen LogP contribution < -0.4 is 5.32 Å². The van der Waals surface area contributed by atoms with Crippen LogP contribution in [0.1, 0.15) is 38.5 Å². The van der Waals surface area contributed by atoms with Crippen molar-refractivity contribution in [3.63, 3.8) is 0 Å². The van der Waals surface area contributed by atoms with Crippen LogP contribution >= 0.6 is 0 Å². The number of nitrogens with zero attached hydrogens (tertiary/aromatic N) is 2. The summed E-state index contributed by atoms with van der Waals surface area (Å²) in [5.41, 5.74) is -0.0945. The van der Waals surface area contributed by atoms with Gasteiger partial charge in [0.05, 0.1) is 0 Å². The molecule has 1 saturated carbocycles. The van der Waals surface area contributed by atoms with E-state index in [0.29, 0.717) is 25.9 Å². The van der Waals surface area contributed by atoms with Gasteiger partial charge in [-0.1, -0.05) is 12.8 Å². The Labute approximate surface area is 124 Å². The lowest BCUT2D eigenvalue weighted by molar-refractivity contribution is -0.157. The van der Waals surface area contributed by atoms with Crippen LogP contribution in [-0.4, -0.2) is 60.2 Å². The molecule has 116 valence electrons. The van der Waals surface area contributed by atoms with Crippen molar-refractivity contribution in [2.75, 3.05) is 32.7 Å². The van der Waals surface area contributed by atoms with E-state index < -0.39 is 0 Å². The molecule has 0 aromatic carbocycles. The van der Waals surface area contributed by atoms with Gasteiger partial charge < -0.3 is 10.2 Å². The summed E-state index contributed by atoms with van der Waals surface area (Å²) >= 11 is 0. The molecule has 3 aliphatic rings. The lowest BCUT2D eigenvalue weighted by Gasteiger charge is -2.38. The SMILES string of the molecule is O=C(CN1C(=O)CC2(CCCC2)CC1=O)N1CCNCC1. The van der Waals surface area contributed by atoms with Crippen molar-refractivity contribution in [2.45, 2.75) is 38.5 Å². The molecular formula is C15H23N3O3. The minimum atomic E-state index is -0.156. The van der Waals surface area contributed by atoms with E-state index >= 15 is 0 Å². The average Bonchev–Trinajstić information content (AvgIpc) is 2.91. The Hall–Kier alpha value is -1.43. The molecule has 1 N–H and O–H groups in total. The number of hydrogen-bond donors (Lipinski definition) is 1. The first-order valence-electron chi connectivity index (χ1n) is 7.91. The standard InChI is InChI=1S/C15H23N3O3/c19-12-9-15(3-1-2-4-15)10-13(20)18(12)11-14(21)17-7-5-16-6-8-17/h16H,1-11H2. The Morgan fingerprint density at radius 3 is 2.19 bits per heavy atom. The Kier molecular flexibility index (Phi) is 3.97. The van der Waals surface area contributed by atoms with Gasteiger partial charge in [0.15, 0.2) is 0 Å². The van der Waals surface area contributed by atoms with Crippen LogP contribution in [0.2, 0.25) is 0 Å². The lowest BCUT2D eigenvalue weighted by atomic mass is 9.76. The fourth-order valence-electron chi connectivity index (χ4n) is 3.84. The summed E-state index contributed by atoms with van der Waals surface area (Å²) in [5.74, 6) is -0.422. The van der Waals surface area contributed by atoms with Gasteiger partial charge in [-0.3, -0.25) is 19.3 Å². The van der Waals surface area contributed by atoms with Gasteiger partial charge in [0.2, 0.25) is 17.7 Å². The highest BCUT2D eigenvalue weighted by Crippen LogP contribution is 2.46. The monoisotopic (exact) mass is 293 g/mol. The number of hydrogen-bond acceptors (Lipinski definition) is 4. The molecule has 3 fully saturated rings. The predicted octanol–water partition coefficient (Wildman–Crippen LogP) is 0.128.